The van der Waals surface area contributed by atoms with Crippen molar-refractivity contribution < 1.29 is 33.7 Å². The molecule has 3 heterocycles. The lowest BCUT2D eigenvalue weighted by Crippen LogP contribution is -2.58. The Hall–Kier alpha value is -6.87. The minimum absolute atomic E-state index is 0.00312. The first-order valence-corrected chi connectivity index (χ1v) is 19.8. The van der Waals surface area contributed by atoms with E-state index >= 15 is 0 Å². The van der Waals surface area contributed by atoms with Crippen LogP contribution in [0.3, 0.4) is 0 Å². The second-order valence-corrected chi connectivity index (χ2v) is 15.4. The molecule has 8 rings (SSSR count). The molecular weight excluding hydrogens is 803 g/mol. The monoisotopic (exact) mass is 838 g/mol. The summed E-state index contributed by atoms with van der Waals surface area (Å²) in [5.41, 5.74) is 3.22. The van der Waals surface area contributed by atoms with Crippen LogP contribution in [0.5, 0.6) is 17.2 Å². The molecule has 5 aromatic carbocycles. The minimum Gasteiger partial charge on any atom is -0.489 e. The Labute approximate surface area is 355 Å². The summed E-state index contributed by atoms with van der Waals surface area (Å²) >= 11 is 12.2. The minimum atomic E-state index is -1.96. The van der Waals surface area contributed by atoms with E-state index in [2.05, 4.69) is 16.4 Å². The smallest absolute Gasteiger partial charge is 0.333 e. The van der Waals surface area contributed by atoms with Crippen molar-refractivity contribution in [3.05, 3.63) is 177 Å². The van der Waals surface area contributed by atoms with Gasteiger partial charge in [0.15, 0.2) is 23.1 Å². The van der Waals surface area contributed by atoms with Crippen LogP contribution in [0.25, 0.3) is 11.1 Å². The maximum atomic E-state index is 14.4. The first-order chi connectivity index (χ1) is 29.0. The van der Waals surface area contributed by atoms with Gasteiger partial charge in [-0.2, -0.15) is 5.26 Å². The van der Waals surface area contributed by atoms with E-state index in [4.69, 9.17) is 37.4 Å². The molecule has 6 aromatic rings. The van der Waals surface area contributed by atoms with Crippen molar-refractivity contribution in [1.29, 1.82) is 5.26 Å². The summed E-state index contributed by atoms with van der Waals surface area (Å²) in [5, 5.41) is 24.3. The molecule has 0 fully saturated rings. The van der Waals surface area contributed by atoms with Crippen molar-refractivity contribution in [3.8, 4) is 34.4 Å². The fraction of sp³-hybridized carbons (Fsp3) is 0.170. The van der Waals surface area contributed by atoms with E-state index in [-0.39, 0.29) is 36.4 Å². The number of rotatable bonds is 10. The molecule has 2 N–H and O–H groups in total. The van der Waals surface area contributed by atoms with Crippen LogP contribution < -0.4 is 19.5 Å². The highest BCUT2D eigenvalue weighted by Gasteiger charge is 2.43. The molecule has 300 valence electrons. The largest absolute Gasteiger partial charge is 0.489 e. The number of ether oxygens (including phenoxy) is 3. The Morgan fingerprint density at radius 1 is 0.917 bits per heavy atom. The number of carbonyl (C=O) groups excluding carboxylic acids is 2. The number of aliphatic carboxylic acids is 1. The molecule has 13 heteroatoms. The van der Waals surface area contributed by atoms with Crippen molar-refractivity contribution in [2.45, 2.75) is 44.2 Å². The first kappa shape index (κ1) is 39.9. The van der Waals surface area contributed by atoms with E-state index in [9.17, 15) is 24.8 Å². The highest BCUT2D eigenvalue weighted by Crippen LogP contribution is 2.41. The van der Waals surface area contributed by atoms with Crippen LogP contribution in [-0.4, -0.2) is 45.4 Å². The maximum absolute atomic E-state index is 14.4. The summed E-state index contributed by atoms with van der Waals surface area (Å²) in [6, 6.07) is 36.4. The molecule has 60 heavy (non-hydrogen) atoms. The highest BCUT2D eigenvalue weighted by molar-refractivity contribution is 6.42. The molecule has 1 aromatic heterocycles. The summed E-state index contributed by atoms with van der Waals surface area (Å²) in [4.78, 5) is 47.2. The number of carboxylic acids is 1. The molecule has 2 aliphatic heterocycles. The van der Waals surface area contributed by atoms with Gasteiger partial charge in [-0.1, -0.05) is 89.9 Å². The summed E-state index contributed by atoms with van der Waals surface area (Å²) in [6.07, 6.45) is 1.10. The van der Waals surface area contributed by atoms with Crippen molar-refractivity contribution in [2.24, 2.45) is 0 Å². The van der Waals surface area contributed by atoms with Crippen molar-refractivity contribution >= 4 is 41.0 Å². The molecule has 2 aliphatic rings. The zero-order valence-corrected chi connectivity index (χ0v) is 33.6. The number of nitrogens with one attached hydrogen (secondary N) is 1. The third-order valence-corrected chi connectivity index (χ3v) is 11.5. The molecule has 2 unspecified atom stereocenters. The van der Waals surface area contributed by atoms with Gasteiger partial charge in [-0.3, -0.25) is 14.6 Å². The van der Waals surface area contributed by atoms with Crippen LogP contribution in [0, 0.1) is 11.3 Å². The van der Waals surface area contributed by atoms with E-state index in [1.165, 1.54) is 24.1 Å². The summed E-state index contributed by atoms with van der Waals surface area (Å²) in [7, 11) is 0. The number of halogens is 2. The van der Waals surface area contributed by atoms with Gasteiger partial charge in [0.1, 0.15) is 30.7 Å². The topological polar surface area (TPSA) is 151 Å². The number of pyridine rings is 1. The SMILES string of the molecule is CC(NC(=O)C1Cc2cc3c(cc2CN1C(=O)c1ccccn1)O[C@@H](c1ccc(OCc2ccc(Cl)c(Cl)c2)cc1)CO3)(C(=O)O)c1ccc(-c2ccccc2)c(C#N)c1. The summed E-state index contributed by atoms with van der Waals surface area (Å²) in [6.45, 7) is 1.90. The Morgan fingerprint density at radius 3 is 2.40 bits per heavy atom. The van der Waals surface area contributed by atoms with Crippen LogP contribution >= 0.6 is 23.2 Å². The van der Waals surface area contributed by atoms with Gasteiger partial charge in [0.25, 0.3) is 5.91 Å². The van der Waals surface area contributed by atoms with E-state index in [0.717, 1.165) is 27.8 Å². The zero-order chi connectivity index (χ0) is 42.0. The molecule has 0 radical (unpaired) electrons. The average molecular weight is 840 g/mol. The molecule has 0 bridgehead atoms. The number of hydrogen-bond acceptors (Lipinski definition) is 8. The molecule has 0 aliphatic carbocycles. The van der Waals surface area contributed by atoms with E-state index < -0.39 is 35.5 Å². The molecule has 3 atom stereocenters. The number of nitriles is 1. The standard InChI is InChI=1S/C47H36Cl2N4O7/c1-47(46(56)57,34-13-16-36(32(20-34)24-50)29-7-3-2-4-8-29)52-44(54)40-21-31-22-41-42(23-33(31)25-53(40)45(55)39-9-5-6-18-51-39)60-43(27-59-41)30-11-14-35(15-12-30)58-26-28-10-17-37(48)38(49)19-28/h2-20,22-23,40,43H,21,25-27H2,1H3,(H,52,54)(H,56,57)/t40?,43-,47?/m1/s1. The first-order valence-electron chi connectivity index (χ1n) is 19.0. The number of aromatic nitrogens is 1. The van der Waals surface area contributed by atoms with Gasteiger partial charge < -0.3 is 29.5 Å². The number of fused-ring (bicyclic) bond motifs is 2. The highest BCUT2D eigenvalue weighted by atomic mass is 35.5. The van der Waals surface area contributed by atoms with E-state index in [0.29, 0.717) is 39.5 Å². The molecule has 0 saturated heterocycles. The average Bonchev–Trinajstić information content (AvgIpc) is 3.28. The van der Waals surface area contributed by atoms with Gasteiger partial charge in [0.05, 0.1) is 21.7 Å². The second kappa shape index (κ2) is 16.8. The number of benzene rings is 5. The maximum Gasteiger partial charge on any atom is 0.333 e. The Bertz CT molecular complexity index is 2660. The molecule has 0 spiro atoms. The third kappa shape index (κ3) is 8.08. The quantitative estimate of drug-likeness (QED) is 0.138. The van der Waals surface area contributed by atoms with E-state index in [1.54, 1.807) is 42.5 Å². The van der Waals surface area contributed by atoms with Crippen molar-refractivity contribution in [2.75, 3.05) is 6.61 Å². The fourth-order valence-electron chi connectivity index (χ4n) is 7.37. The zero-order valence-electron chi connectivity index (χ0n) is 32.1. The second-order valence-electron chi connectivity index (χ2n) is 14.6. The third-order valence-electron chi connectivity index (χ3n) is 10.7. The molecule has 11 nitrogen and oxygen atoms in total. The summed E-state index contributed by atoms with van der Waals surface area (Å²) in [5.74, 6) is -0.933. The predicted octanol–water partition coefficient (Wildman–Crippen LogP) is 8.70. The number of carboxylic acid groups (broad SMARTS) is 1. The van der Waals surface area contributed by atoms with Gasteiger partial charge in [-0.15, -0.1) is 0 Å². The van der Waals surface area contributed by atoms with Gasteiger partial charge in [0, 0.05) is 19.2 Å². The van der Waals surface area contributed by atoms with Crippen LogP contribution in [-0.2, 0) is 34.7 Å². The molecule has 0 saturated carbocycles. The number of amides is 2. The van der Waals surface area contributed by atoms with Gasteiger partial charge >= 0.3 is 5.97 Å². The Kier molecular flexibility index (Phi) is 11.2. The Balaban J connectivity index is 1.03. The lowest BCUT2D eigenvalue weighted by molar-refractivity contribution is -0.148. The van der Waals surface area contributed by atoms with Crippen LogP contribution in [0.2, 0.25) is 10.0 Å². The normalized spacial score (nSPS) is 16.4. The van der Waals surface area contributed by atoms with Crippen LogP contribution in [0.15, 0.2) is 128 Å². The molecular formula is C47H36Cl2N4O7. The lowest BCUT2D eigenvalue weighted by atomic mass is 9.87. The van der Waals surface area contributed by atoms with Gasteiger partial charge in [-0.05, 0) is 100 Å². The van der Waals surface area contributed by atoms with Crippen LogP contribution in [0.1, 0.15) is 56.9 Å². The van der Waals surface area contributed by atoms with E-state index in [1.807, 2.05) is 72.8 Å². The lowest BCUT2D eigenvalue weighted by Gasteiger charge is -2.38. The number of hydrogen-bond donors (Lipinski definition) is 2. The molecule has 2 amide bonds. The van der Waals surface area contributed by atoms with Crippen molar-refractivity contribution in [3.63, 3.8) is 0 Å². The van der Waals surface area contributed by atoms with Crippen molar-refractivity contribution in [1.82, 2.24) is 15.2 Å². The Morgan fingerprint density at radius 2 is 1.68 bits per heavy atom. The number of nitrogens with zero attached hydrogens (tertiary/aromatic N) is 3. The van der Waals surface area contributed by atoms with Crippen LogP contribution in [0.4, 0.5) is 0 Å². The predicted molar refractivity (Wildman–Crippen MR) is 224 cm³/mol. The summed E-state index contributed by atoms with van der Waals surface area (Å²) < 4.78 is 18.6. The van der Waals surface area contributed by atoms with Gasteiger partial charge in [-0.25, -0.2) is 4.79 Å². The fourth-order valence-corrected chi connectivity index (χ4v) is 7.69. The number of carbonyl (C=O) groups is 3. The van der Waals surface area contributed by atoms with Gasteiger partial charge in [0.2, 0.25) is 5.91 Å².